The number of anilines is 2. The molecule has 0 amide bonds. The lowest BCUT2D eigenvalue weighted by atomic mass is 10.2. The molecule has 0 aliphatic rings. The number of nitrogens with two attached hydrogens (primary N) is 1. The maximum atomic E-state index is 12.7. The fraction of sp³-hybridized carbons (Fsp3) is 0.417. The minimum atomic E-state index is -4.56. The van der Waals surface area contributed by atoms with Gasteiger partial charge in [-0.25, -0.2) is 4.98 Å². The molecule has 2 aromatic rings. The van der Waals surface area contributed by atoms with Gasteiger partial charge in [-0.2, -0.15) is 23.3 Å². The third kappa shape index (κ3) is 3.23. The average Bonchev–Trinajstić information content (AvgIpc) is 2.59. The Bertz CT molecular complexity index is 662. The van der Waals surface area contributed by atoms with Gasteiger partial charge in [0.1, 0.15) is 5.82 Å². The molecule has 0 bridgehead atoms. The summed E-state index contributed by atoms with van der Waals surface area (Å²) in [7, 11) is 1.80. The molecule has 114 valence electrons. The highest BCUT2D eigenvalue weighted by Gasteiger charge is 2.33. The maximum Gasteiger partial charge on any atom is 0.433 e. The summed E-state index contributed by atoms with van der Waals surface area (Å²) < 4.78 is 39.7. The molecule has 0 saturated carbocycles. The number of alkyl halides is 3. The predicted octanol–water partition coefficient (Wildman–Crippen LogP) is 2.04. The number of rotatable bonds is 3. The van der Waals surface area contributed by atoms with Crippen LogP contribution in [0.2, 0.25) is 0 Å². The zero-order chi connectivity index (χ0) is 15.8. The summed E-state index contributed by atoms with van der Waals surface area (Å²) >= 11 is 0. The van der Waals surface area contributed by atoms with Crippen LogP contribution < -0.4 is 11.1 Å². The smallest absolute Gasteiger partial charge is 0.368 e. The zero-order valence-corrected chi connectivity index (χ0v) is 11.8. The molecule has 0 unspecified atom stereocenters. The summed E-state index contributed by atoms with van der Waals surface area (Å²) in [6, 6.07) is 0.831. The van der Waals surface area contributed by atoms with Crippen molar-refractivity contribution >= 4 is 11.8 Å². The summed E-state index contributed by atoms with van der Waals surface area (Å²) in [5.74, 6) is -0.399. The third-order valence-electron chi connectivity index (χ3n) is 3.14. The molecule has 0 aliphatic heterocycles. The summed E-state index contributed by atoms with van der Waals surface area (Å²) in [5, 5.41) is 7.06. The average molecular weight is 300 g/mol. The summed E-state index contributed by atoms with van der Waals surface area (Å²) in [6.45, 7) is 4.02. The molecule has 0 aromatic carbocycles. The van der Waals surface area contributed by atoms with Crippen molar-refractivity contribution in [3.8, 4) is 0 Å². The van der Waals surface area contributed by atoms with Crippen molar-refractivity contribution < 1.29 is 13.2 Å². The fourth-order valence-electron chi connectivity index (χ4n) is 1.95. The van der Waals surface area contributed by atoms with Crippen molar-refractivity contribution in [2.75, 3.05) is 11.1 Å². The molecular formula is C12H15F3N6. The number of aromatic nitrogens is 4. The molecule has 2 rings (SSSR count). The van der Waals surface area contributed by atoms with E-state index in [1.54, 1.807) is 11.7 Å². The summed E-state index contributed by atoms with van der Waals surface area (Å²) in [4.78, 5) is 6.94. The Morgan fingerprint density at radius 3 is 2.48 bits per heavy atom. The topological polar surface area (TPSA) is 81.7 Å². The van der Waals surface area contributed by atoms with E-state index in [-0.39, 0.29) is 5.82 Å². The second-order valence-corrected chi connectivity index (χ2v) is 4.62. The molecule has 6 nitrogen and oxygen atoms in total. The molecule has 0 radical (unpaired) electrons. The summed E-state index contributed by atoms with van der Waals surface area (Å²) in [6.07, 6.45) is -4.56. The lowest BCUT2D eigenvalue weighted by Gasteiger charge is -2.10. The van der Waals surface area contributed by atoms with Crippen LogP contribution in [0.25, 0.3) is 0 Å². The number of hydrogen-bond acceptors (Lipinski definition) is 5. The van der Waals surface area contributed by atoms with Crippen LogP contribution in [0.5, 0.6) is 0 Å². The number of hydrogen-bond donors (Lipinski definition) is 2. The Hall–Kier alpha value is -2.32. The quantitative estimate of drug-likeness (QED) is 0.906. The Balaban J connectivity index is 2.22. The number of halogens is 3. The van der Waals surface area contributed by atoms with Gasteiger partial charge in [-0.15, -0.1) is 0 Å². The molecule has 3 N–H and O–H groups in total. The normalized spacial score (nSPS) is 11.7. The predicted molar refractivity (Wildman–Crippen MR) is 71.5 cm³/mol. The molecule has 9 heteroatoms. The van der Waals surface area contributed by atoms with E-state index in [9.17, 15) is 13.2 Å². The number of aryl methyl sites for hydroxylation is 2. The van der Waals surface area contributed by atoms with Gasteiger partial charge in [0, 0.05) is 30.9 Å². The molecule has 0 spiro atoms. The highest BCUT2D eigenvalue weighted by Crippen LogP contribution is 2.29. The Kier molecular flexibility index (Phi) is 3.75. The maximum absolute atomic E-state index is 12.7. The van der Waals surface area contributed by atoms with Gasteiger partial charge >= 0.3 is 6.18 Å². The van der Waals surface area contributed by atoms with E-state index in [1.807, 2.05) is 13.8 Å². The first-order valence-corrected chi connectivity index (χ1v) is 6.13. The minimum Gasteiger partial charge on any atom is -0.368 e. The Labute approximate surface area is 119 Å². The van der Waals surface area contributed by atoms with Crippen molar-refractivity contribution in [2.45, 2.75) is 26.6 Å². The van der Waals surface area contributed by atoms with Crippen LogP contribution in [0.1, 0.15) is 22.6 Å². The van der Waals surface area contributed by atoms with Gasteiger partial charge in [0.15, 0.2) is 5.69 Å². The first-order chi connectivity index (χ1) is 9.68. The molecule has 2 heterocycles. The van der Waals surface area contributed by atoms with Crippen LogP contribution in [0.15, 0.2) is 6.07 Å². The molecule has 0 aliphatic carbocycles. The van der Waals surface area contributed by atoms with E-state index >= 15 is 0 Å². The number of nitrogens with zero attached hydrogens (tertiary/aromatic N) is 4. The van der Waals surface area contributed by atoms with Gasteiger partial charge in [0.05, 0.1) is 5.69 Å². The van der Waals surface area contributed by atoms with E-state index in [4.69, 9.17) is 5.73 Å². The highest BCUT2D eigenvalue weighted by molar-refractivity contribution is 5.42. The zero-order valence-electron chi connectivity index (χ0n) is 11.8. The van der Waals surface area contributed by atoms with Gasteiger partial charge in [-0.3, -0.25) is 4.68 Å². The Morgan fingerprint density at radius 2 is 1.95 bits per heavy atom. The van der Waals surface area contributed by atoms with E-state index in [0.717, 1.165) is 23.0 Å². The van der Waals surface area contributed by atoms with Crippen molar-refractivity contribution in [3.05, 3.63) is 28.7 Å². The first kappa shape index (κ1) is 15.1. The molecule has 0 fully saturated rings. The van der Waals surface area contributed by atoms with Crippen LogP contribution in [0, 0.1) is 13.8 Å². The van der Waals surface area contributed by atoms with Gasteiger partial charge in [0.25, 0.3) is 0 Å². The van der Waals surface area contributed by atoms with Crippen LogP contribution in [-0.4, -0.2) is 19.7 Å². The molecule has 0 saturated heterocycles. The lowest BCUT2D eigenvalue weighted by Crippen LogP contribution is -2.13. The van der Waals surface area contributed by atoms with Crippen LogP contribution >= 0.6 is 0 Å². The SMILES string of the molecule is Cc1nn(C)c(C)c1CNc1cc(C(F)(F)F)nc(N)n1. The van der Waals surface area contributed by atoms with Gasteiger partial charge in [-0.05, 0) is 13.8 Å². The summed E-state index contributed by atoms with van der Waals surface area (Å²) in [5.41, 5.74) is 6.88. The van der Waals surface area contributed by atoms with E-state index in [0.29, 0.717) is 6.54 Å². The molecule has 2 aromatic heterocycles. The van der Waals surface area contributed by atoms with Crippen molar-refractivity contribution in [1.29, 1.82) is 0 Å². The fourth-order valence-corrected chi connectivity index (χ4v) is 1.95. The second kappa shape index (κ2) is 5.23. The monoisotopic (exact) mass is 300 g/mol. The van der Waals surface area contributed by atoms with Crippen LogP contribution in [-0.2, 0) is 19.8 Å². The molecule has 21 heavy (non-hydrogen) atoms. The largest absolute Gasteiger partial charge is 0.433 e. The standard InChI is InChI=1S/C12H15F3N6/c1-6-8(7(2)21(3)20-6)5-17-10-4-9(12(13,14)15)18-11(16)19-10/h4H,5H2,1-3H3,(H3,16,17,18,19). The van der Waals surface area contributed by atoms with Crippen LogP contribution in [0.4, 0.5) is 24.9 Å². The van der Waals surface area contributed by atoms with Gasteiger partial charge < -0.3 is 11.1 Å². The van der Waals surface area contributed by atoms with Crippen LogP contribution in [0.3, 0.4) is 0 Å². The number of nitrogen functional groups attached to an aromatic ring is 1. The van der Waals surface area contributed by atoms with E-state index in [2.05, 4.69) is 20.4 Å². The Morgan fingerprint density at radius 1 is 1.29 bits per heavy atom. The molecule has 0 atom stereocenters. The molecular weight excluding hydrogens is 285 g/mol. The first-order valence-electron chi connectivity index (χ1n) is 6.13. The van der Waals surface area contributed by atoms with Gasteiger partial charge in [-0.1, -0.05) is 0 Å². The lowest BCUT2D eigenvalue weighted by molar-refractivity contribution is -0.141. The number of nitrogens with one attached hydrogen (secondary N) is 1. The van der Waals surface area contributed by atoms with Crippen molar-refractivity contribution in [3.63, 3.8) is 0 Å². The highest BCUT2D eigenvalue weighted by atomic mass is 19.4. The van der Waals surface area contributed by atoms with E-state index in [1.165, 1.54) is 0 Å². The van der Waals surface area contributed by atoms with Crippen molar-refractivity contribution in [2.24, 2.45) is 7.05 Å². The second-order valence-electron chi connectivity index (χ2n) is 4.62. The third-order valence-corrected chi connectivity index (χ3v) is 3.14. The minimum absolute atomic E-state index is 0.0254. The van der Waals surface area contributed by atoms with E-state index < -0.39 is 17.8 Å². The van der Waals surface area contributed by atoms with Gasteiger partial charge in [0.2, 0.25) is 5.95 Å². The van der Waals surface area contributed by atoms with Crippen molar-refractivity contribution in [1.82, 2.24) is 19.7 Å².